The molecule has 0 aliphatic heterocycles. The Bertz CT molecular complexity index is 1080. The third-order valence-corrected chi connectivity index (χ3v) is 6.20. The minimum absolute atomic E-state index is 0.109. The highest BCUT2D eigenvalue weighted by atomic mass is 35.5. The molecule has 0 saturated heterocycles. The number of hydrogen-bond acceptors (Lipinski definition) is 4. The highest BCUT2D eigenvalue weighted by molar-refractivity contribution is 7.99. The zero-order chi connectivity index (χ0) is 21.5. The van der Waals surface area contributed by atoms with Crippen molar-refractivity contribution in [2.24, 2.45) is 0 Å². The number of para-hydroxylation sites is 1. The van der Waals surface area contributed by atoms with E-state index >= 15 is 0 Å². The Labute approximate surface area is 186 Å². The van der Waals surface area contributed by atoms with Crippen LogP contribution in [0.5, 0.6) is 0 Å². The lowest BCUT2D eigenvalue weighted by Crippen LogP contribution is -2.30. The molecule has 0 spiro atoms. The predicted octanol–water partition coefficient (Wildman–Crippen LogP) is 5.17. The van der Waals surface area contributed by atoms with Crippen LogP contribution >= 0.6 is 23.4 Å². The van der Waals surface area contributed by atoms with Crippen LogP contribution in [-0.2, 0) is 4.79 Å². The van der Waals surface area contributed by atoms with Crippen LogP contribution < -0.4 is 5.56 Å². The molecule has 0 atom stereocenters. The maximum Gasteiger partial charge on any atom is 0.266 e. The molecule has 0 bridgehead atoms. The van der Waals surface area contributed by atoms with Crippen molar-refractivity contribution in [3.63, 3.8) is 0 Å². The SMILES string of the molecule is CCN(CC)C(=O)CCCCSc1nc2ccccc2c(=O)n1-c1cccc(Cl)c1. The average molecular weight is 444 g/mol. The summed E-state index contributed by atoms with van der Waals surface area (Å²) in [7, 11) is 0. The van der Waals surface area contributed by atoms with Gasteiger partial charge in [0.05, 0.1) is 16.6 Å². The lowest BCUT2D eigenvalue weighted by Gasteiger charge is -2.18. The minimum atomic E-state index is -0.109. The summed E-state index contributed by atoms with van der Waals surface area (Å²) in [4.78, 5) is 31.9. The van der Waals surface area contributed by atoms with Crippen LogP contribution in [0.4, 0.5) is 0 Å². The number of halogens is 1. The summed E-state index contributed by atoms with van der Waals surface area (Å²) in [6, 6.07) is 14.6. The molecule has 1 heterocycles. The van der Waals surface area contributed by atoms with Gasteiger partial charge < -0.3 is 4.90 Å². The number of carbonyl (C=O) groups excluding carboxylic acids is 1. The fraction of sp³-hybridized carbons (Fsp3) is 0.348. The van der Waals surface area contributed by atoms with Gasteiger partial charge in [0.2, 0.25) is 5.91 Å². The molecule has 2 aromatic carbocycles. The van der Waals surface area contributed by atoms with Crippen molar-refractivity contribution in [2.75, 3.05) is 18.8 Å². The van der Waals surface area contributed by atoms with E-state index in [4.69, 9.17) is 16.6 Å². The van der Waals surface area contributed by atoms with Gasteiger partial charge in [-0.3, -0.25) is 14.2 Å². The van der Waals surface area contributed by atoms with E-state index in [0.29, 0.717) is 33.2 Å². The van der Waals surface area contributed by atoms with Crippen molar-refractivity contribution in [1.29, 1.82) is 0 Å². The summed E-state index contributed by atoms with van der Waals surface area (Å²) >= 11 is 7.70. The van der Waals surface area contributed by atoms with Crippen molar-refractivity contribution in [3.05, 3.63) is 63.9 Å². The Hall–Kier alpha value is -2.31. The first kappa shape index (κ1) is 22.4. The fourth-order valence-corrected chi connectivity index (χ4v) is 4.52. The second-order valence-corrected chi connectivity index (χ2v) is 8.40. The molecule has 30 heavy (non-hydrogen) atoms. The molecular formula is C23H26ClN3O2S. The first-order valence-corrected chi connectivity index (χ1v) is 11.6. The van der Waals surface area contributed by atoms with Crippen LogP contribution in [0.1, 0.15) is 33.1 Å². The fourth-order valence-electron chi connectivity index (χ4n) is 3.33. The van der Waals surface area contributed by atoms with E-state index in [-0.39, 0.29) is 11.5 Å². The summed E-state index contributed by atoms with van der Waals surface area (Å²) < 4.78 is 1.62. The minimum Gasteiger partial charge on any atom is -0.343 e. The molecule has 3 rings (SSSR count). The Balaban J connectivity index is 1.79. The second kappa shape index (κ2) is 10.6. The van der Waals surface area contributed by atoms with Gasteiger partial charge in [-0.15, -0.1) is 0 Å². The molecule has 1 amide bonds. The van der Waals surface area contributed by atoms with Crippen molar-refractivity contribution < 1.29 is 4.79 Å². The molecule has 0 aliphatic carbocycles. The molecule has 0 N–H and O–H groups in total. The standard InChI is InChI=1S/C23H26ClN3O2S/c1-3-26(4-2)21(28)14-7-8-15-30-23-25-20-13-6-5-12-19(20)22(29)27(23)18-11-9-10-17(24)16-18/h5-6,9-13,16H,3-4,7-8,14-15H2,1-2H3. The van der Waals surface area contributed by atoms with E-state index in [0.717, 1.165) is 31.7 Å². The Kier molecular flexibility index (Phi) is 7.94. The van der Waals surface area contributed by atoms with E-state index in [2.05, 4.69) is 0 Å². The third kappa shape index (κ3) is 5.24. The van der Waals surface area contributed by atoms with Gasteiger partial charge >= 0.3 is 0 Å². The molecule has 0 saturated carbocycles. The zero-order valence-corrected chi connectivity index (χ0v) is 18.9. The quantitative estimate of drug-likeness (QED) is 0.260. The maximum absolute atomic E-state index is 13.2. The van der Waals surface area contributed by atoms with Gasteiger partial charge in [-0.2, -0.15) is 0 Å². The highest BCUT2D eigenvalue weighted by Crippen LogP contribution is 2.24. The molecule has 158 valence electrons. The van der Waals surface area contributed by atoms with Crippen LogP contribution in [0, 0.1) is 0 Å². The number of carbonyl (C=O) groups is 1. The highest BCUT2D eigenvalue weighted by Gasteiger charge is 2.14. The number of thioether (sulfide) groups is 1. The molecule has 0 fully saturated rings. The Morgan fingerprint density at radius 1 is 1.10 bits per heavy atom. The number of nitrogens with zero attached hydrogens (tertiary/aromatic N) is 3. The molecule has 3 aromatic rings. The number of fused-ring (bicyclic) bond motifs is 1. The number of amides is 1. The summed E-state index contributed by atoms with van der Waals surface area (Å²) in [5.41, 5.74) is 1.27. The smallest absolute Gasteiger partial charge is 0.266 e. The van der Waals surface area contributed by atoms with Crippen LogP contribution in [0.2, 0.25) is 5.02 Å². The predicted molar refractivity (Wildman–Crippen MR) is 125 cm³/mol. The van der Waals surface area contributed by atoms with E-state index in [9.17, 15) is 9.59 Å². The van der Waals surface area contributed by atoms with Crippen LogP contribution in [0.15, 0.2) is 58.5 Å². The molecule has 7 heteroatoms. The summed E-state index contributed by atoms with van der Waals surface area (Å²) in [5, 5.41) is 1.78. The third-order valence-electron chi connectivity index (χ3n) is 4.94. The molecule has 0 unspecified atom stereocenters. The van der Waals surface area contributed by atoms with Gasteiger partial charge in [-0.25, -0.2) is 4.98 Å². The van der Waals surface area contributed by atoms with Crippen molar-refractivity contribution in [1.82, 2.24) is 14.5 Å². The average Bonchev–Trinajstić information content (AvgIpc) is 2.74. The molecular weight excluding hydrogens is 418 g/mol. The van der Waals surface area contributed by atoms with Gasteiger partial charge in [-0.1, -0.05) is 41.6 Å². The van der Waals surface area contributed by atoms with Gasteiger partial charge in [0.1, 0.15) is 0 Å². The maximum atomic E-state index is 13.2. The van der Waals surface area contributed by atoms with E-state index < -0.39 is 0 Å². The van der Waals surface area contributed by atoms with Gasteiger partial charge in [0, 0.05) is 30.3 Å². The Morgan fingerprint density at radius 3 is 2.60 bits per heavy atom. The first-order valence-electron chi connectivity index (χ1n) is 10.2. The summed E-state index contributed by atoms with van der Waals surface area (Å²) in [5.74, 6) is 0.973. The lowest BCUT2D eigenvalue weighted by atomic mass is 10.2. The number of aromatic nitrogens is 2. The number of benzene rings is 2. The van der Waals surface area contributed by atoms with Crippen LogP contribution in [0.25, 0.3) is 16.6 Å². The number of rotatable bonds is 9. The Morgan fingerprint density at radius 2 is 1.87 bits per heavy atom. The molecule has 5 nitrogen and oxygen atoms in total. The normalized spacial score (nSPS) is 11.0. The number of hydrogen-bond donors (Lipinski definition) is 0. The zero-order valence-electron chi connectivity index (χ0n) is 17.3. The molecule has 0 radical (unpaired) electrons. The van der Waals surface area contributed by atoms with E-state index in [1.165, 1.54) is 11.8 Å². The van der Waals surface area contributed by atoms with E-state index in [1.54, 1.807) is 22.8 Å². The number of unbranched alkanes of at least 4 members (excludes halogenated alkanes) is 1. The van der Waals surface area contributed by atoms with E-state index in [1.807, 2.05) is 49.1 Å². The van der Waals surface area contributed by atoms with Crippen molar-refractivity contribution in [3.8, 4) is 5.69 Å². The van der Waals surface area contributed by atoms with Gasteiger partial charge in [0.15, 0.2) is 5.16 Å². The largest absolute Gasteiger partial charge is 0.343 e. The van der Waals surface area contributed by atoms with Crippen LogP contribution in [0.3, 0.4) is 0 Å². The lowest BCUT2D eigenvalue weighted by molar-refractivity contribution is -0.130. The molecule has 0 aliphatic rings. The summed E-state index contributed by atoms with van der Waals surface area (Å²) in [6.45, 7) is 5.49. The van der Waals surface area contributed by atoms with Crippen molar-refractivity contribution in [2.45, 2.75) is 38.3 Å². The molecule has 1 aromatic heterocycles. The first-order chi connectivity index (χ1) is 14.5. The van der Waals surface area contributed by atoms with Gasteiger partial charge in [0.25, 0.3) is 5.56 Å². The summed E-state index contributed by atoms with van der Waals surface area (Å²) in [6.07, 6.45) is 2.24. The second-order valence-electron chi connectivity index (χ2n) is 6.90. The van der Waals surface area contributed by atoms with Gasteiger partial charge in [-0.05, 0) is 57.0 Å². The monoisotopic (exact) mass is 443 g/mol. The topological polar surface area (TPSA) is 55.2 Å². The van der Waals surface area contributed by atoms with Crippen molar-refractivity contribution >= 4 is 40.2 Å². The van der Waals surface area contributed by atoms with Crippen LogP contribution in [-0.4, -0.2) is 39.2 Å².